The van der Waals surface area contributed by atoms with Gasteiger partial charge in [-0.25, -0.2) is 0 Å². The molecule has 0 aliphatic heterocycles. The van der Waals surface area contributed by atoms with Gasteiger partial charge >= 0.3 is 6.18 Å². The number of rotatable bonds is 6. The van der Waals surface area contributed by atoms with E-state index in [2.05, 4.69) is 10.3 Å². The first-order valence-corrected chi connectivity index (χ1v) is 7.18. The molecule has 1 aromatic heterocycles. The summed E-state index contributed by atoms with van der Waals surface area (Å²) in [5.41, 5.74) is -0.942. The van der Waals surface area contributed by atoms with Crippen LogP contribution in [0.4, 0.5) is 13.2 Å². The number of nitrogens with zero attached hydrogens (tertiary/aromatic N) is 1. The van der Waals surface area contributed by atoms with Crippen molar-refractivity contribution in [1.82, 2.24) is 10.3 Å². The number of carbonyl (C=O) groups is 1. The second-order valence-electron chi connectivity index (χ2n) is 4.73. The predicted octanol–water partition coefficient (Wildman–Crippen LogP) is 3.87. The Kier molecular flexibility index (Phi) is 6.45. The molecular weight excluding hydrogens is 305 g/mol. The third-order valence-corrected chi connectivity index (χ3v) is 3.85. The van der Waals surface area contributed by atoms with E-state index in [1.807, 2.05) is 13.8 Å². The molecule has 0 radical (unpaired) electrons. The van der Waals surface area contributed by atoms with Crippen molar-refractivity contribution in [2.24, 2.45) is 5.92 Å². The molecule has 0 spiro atoms. The van der Waals surface area contributed by atoms with Crippen LogP contribution in [0.25, 0.3) is 0 Å². The SMILES string of the molecule is CCC(CC)C(Cl)CNC(=O)c1ccc(C(F)(F)F)cn1. The van der Waals surface area contributed by atoms with E-state index in [4.69, 9.17) is 11.6 Å². The number of carbonyl (C=O) groups excluding carboxylic acids is 1. The molecule has 118 valence electrons. The summed E-state index contributed by atoms with van der Waals surface area (Å²) in [6.45, 7) is 4.29. The second kappa shape index (κ2) is 7.64. The molecule has 0 saturated carbocycles. The van der Waals surface area contributed by atoms with Crippen LogP contribution in [0.15, 0.2) is 18.3 Å². The number of hydrogen-bond donors (Lipinski definition) is 1. The van der Waals surface area contributed by atoms with E-state index in [1.165, 1.54) is 0 Å². The summed E-state index contributed by atoms with van der Waals surface area (Å²) in [4.78, 5) is 15.3. The van der Waals surface area contributed by atoms with Gasteiger partial charge in [0, 0.05) is 12.7 Å². The van der Waals surface area contributed by atoms with Crippen LogP contribution in [0, 0.1) is 5.92 Å². The minimum Gasteiger partial charge on any atom is -0.349 e. The molecule has 1 N–H and O–H groups in total. The molecule has 1 atom stereocenters. The highest BCUT2D eigenvalue weighted by Crippen LogP contribution is 2.28. The van der Waals surface area contributed by atoms with E-state index < -0.39 is 17.6 Å². The van der Waals surface area contributed by atoms with E-state index >= 15 is 0 Å². The lowest BCUT2D eigenvalue weighted by Crippen LogP contribution is -2.33. The van der Waals surface area contributed by atoms with Crippen LogP contribution in [0.5, 0.6) is 0 Å². The Bertz CT molecular complexity index is 458. The first kappa shape index (κ1) is 17.8. The second-order valence-corrected chi connectivity index (χ2v) is 5.29. The van der Waals surface area contributed by atoms with Crippen molar-refractivity contribution in [3.05, 3.63) is 29.6 Å². The van der Waals surface area contributed by atoms with E-state index in [0.717, 1.165) is 25.0 Å². The molecule has 21 heavy (non-hydrogen) atoms. The highest BCUT2D eigenvalue weighted by Gasteiger charge is 2.31. The standard InChI is InChI=1S/C14H18ClF3N2O/c1-3-9(4-2)11(15)8-20-13(21)12-6-5-10(7-19-12)14(16,17)18/h5-7,9,11H,3-4,8H2,1-2H3,(H,20,21). The first-order chi connectivity index (χ1) is 9.79. The van der Waals surface area contributed by atoms with Gasteiger partial charge in [0.2, 0.25) is 0 Å². The lowest BCUT2D eigenvalue weighted by atomic mass is 9.99. The van der Waals surface area contributed by atoms with Crippen LogP contribution in [0.3, 0.4) is 0 Å². The van der Waals surface area contributed by atoms with Crippen LogP contribution in [-0.2, 0) is 6.18 Å². The van der Waals surface area contributed by atoms with Gasteiger partial charge in [-0.1, -0.05) is 26.7 Å². The highest BCUT2D eigenvalue weighted by molar-refractivity contribution is 6.21. The summed E-state index contributed by atoms with van der Waals surface area (Å²) in [5.74, 6) is -0.243. The minimum atomic E-state index is -4.46. The van der Waals surface area contributed by atoms with Crippen molar-refractivity contribution in [2.45, 2.75) is 38.2 Å². The van der Waals surface area contributed by atoms with Crippen molar-refractivity contribution in [3.8, 4) is 0 Å². The number of halogens is 4. The lowest BCUT2D eigenvalue weighted by Gasteiger charge is -2.19. The molecule has 1 amide bonds. The third-order valence-electron chi connectivity index (χ3n) is 3.34. The monoisotopic (exact) mass is 322 g/mol. The lowest BCUT2D eigenvalue weighted by molar-refractivity contribution is -0.137. The zero-order valence-corrected chi connectivity index (χ0v) is 12.6. The van der Waals surface area contributed by atoms with E-state index in [1.54, 1.807) is 0 Å². The van der Waals surface area contributed by atoms with Gasteiger partial charge in [0.15, 0.2) is 0 Å². The third kappa shape index (κ3) is 5.19. The van der Waals surface area contributed by atoms with Gasteiger partial charge < -0.3 is 5.32 Å². The van der Waals surface area contributed by atoms with E-state index in [-0.39, 0.29) is 23.5 Å². The maximum Gasteiger partial charge on any atom is 0.417 e. The normalized spacial score (nSPS) is 13.3. The quantitative estimate of drug-likeness (QED) is 0.808. The predicted molar refractivity (Wildman–Crippen MR) is 75.3 cm³/mol. The number of nitrogens with one attached hydrogen (secondary N) is 1. The maximum atomic E-state index is 12.4. The molecular formula is C14H18ClF3N2O. The van der Waals surface area contributed by atoms with Gasteiger partial charge in [-0.2, -0.15) is 13.2 Å². The molecule has 0 saturated heterocycles. The Morgan fingerprint density at radius 3 is 2.38 bits per heavy atom. The van der Waals surface area contributed by atoms with Gasteiger partial charge in [0.1, 0.15) is 5.69 Å². The van der Waals surface area contributed by atoms with Gasteiger partial charge in [-0.3, -0.25) is 9.78 Å². The Morgan fingerprint density at radius 2 is 1.95 bits per heavy atom. The fraction of sp³-hybridized carbons (Fsp3) is 0.571. The van der Waals surface area contributed by atoms with Crippen LogP contribution in [-0.4, -0.2) is 22.8 Å². The zero-order chi connectivity index (χ0) is 16.0. The molecule has 0 fully saturated rings. The number of pyridine rings is 1. The average molecular weight is 323 g/mol. The van der Waals surface area contributed by atoms with Crippen molar-refractivity contribution in [2.75, 3.05) is 6.54 Å². The number of alkyl halides is 4. The molecule has 1 aromatic rings. The summed E-state index contributed by atoms with van der Waals surface area (Å²) in [5, 5.41) is 2.38. The van der Waals surface area contributed by atoms with Crippen molar-refractivity contribution >= 4 is 17.5 Å². The number of aromatic nitrogens is 1. The van der Waals surface area contributed by atoms with Gasteiger partial charge in [0.05, 0.1) is 10.9 Å². The molecule has 3 nitrogen and oxygen atoms in total. The molecule has 7 heteroatoms. The first-order valence-electron chi connectivity index (χ1n) is 6.75. The number of hydrogen-bond acceptors (Lipinski definition) is 2. The number of amides is 1. The molecule has 0 aromatic carbocycles. The minimum absolute atomic E-state index is 0.0589. The Labute approximate surface area is 126 Å². The van der Waals surface area contributed by atoms with Crippen LogP contribution in [0.2, 0.25) is 0 Å². The highest BCUT2D eigenvalue weighted by atomic mass is 35.5. The van der Waals surface area contributed by atoms with Gasteiger partial charge in [-0.15, -0.1) is 11.6 Å². The summed E-state index contributed by atoms with van der Waals surface area (Å²) in [6, 6.07) is 1.89. The van der Waals surface area contributed by atoms with Crippen LogP contribution >= 0.6 is 11.6 Å². The summed E-state index contributed by atoms with van der Waals surface area (Å²) in [7, 11) is 0. The van der Waals surface area contributed by atoms with E-state index in [0.29, 0.717) is 6.20 Å². The summed E-state index contributed by atoms with van der Waals surface area (Å²) < 4.78 is 37.2. The van der Waals surface area contributed by atoms with Gasteiger partial charge in [0.25, 0.3) is 5.91 Å². The smallest absolute Gasteiger partial charge is 0.349 e. The maximum absolute atomic E-state index is 12.4. The van der Waals surface area contributed by atoms with Crippen molar-refractivity contribution in [1.29, 1.82) is 0 Å². The summed E-state index contributed by atoms with van der Waals surface area (Å²) >= 11 is 6.18. The Hall–Kier alpha value is -1.30. The molecule has 1 unspecified atom stereocenters. The average Bonchev–Trinajstić information content (AvgIpc) is 2.45. The largest absolute Gasteiger partial charge is 0.417 e. The molecule has 1 rings (SSSR count). The zero-order valence-electron chi connectivity index (χ0n) is 11.9. The molecule has 1 heterocycles. The Morgan fingerprint density at radius 1 is 1.33 bits per heavy atom. The topological polar surface area (TPSA) is 42.0 Å². The summed E-state index contributed by atoms with van der Waals surface area (Å²) in [6.07, 6.45) is -2.01. The Balaban J connectivity index is 2.60. The van der Waals surface area contributed by atoms with E-state index in [9.17, 15) is 18.0 Å². The molecule has 0 bridgehead atoms. The molecule has 0 aliphatic rings. The van der Waals surface area contributed by atoms with Crippen molar-refractivity contribution < 1.29 is 18.0 Å². The molecule has 0 aliphatic carbocycles. The van der Waals surface area contributed by atoms with Gasteiger partial charge in [-0.05, 0) is 18.1 Å². The van der Waals surface area contributed by atoms with Crippen molar-refractivity contribution in [3.63, 3.8) is 0 Å². The van der Waals surface area contributed by atoms with Crippen LogP contribution < -0.4 is 5.32 Å². The van der Waals surface area contributed by atoms with Crippen LogP contribution in [0.1, 0.15) is 42.7 Å². The fourth-order valence-corrected chi connectivity index (χ4v) is 2.38. The fourth-order valence-electron chi connectivity index (χ4n) is 1.94.